The summed E-state index contributed by atoms with van der Waals surface area (Å²) >= 11 is 0. The predicted octanol–water partition coefficient (Wildman–Crippen LogP) is 1.62. The van der Waals surface area contributed by atoms with Gasteiger partial charge in [0.15, 0.2) is 0 Å². The molecule has 0 saturated carbocycles. The first kappa shape index (κ1) is 14.4. The highest BCUT2D eigenvalue weighted by molar-refractivity contribution is 6.58. The normalized spacial score (nSPS) is 17.0. The first-order valence-electron chi connectivity index (χ1n) is 6.76. The summed E-state index contributed by atoms with van der Waals surface area (Å²) in [5.41, 5.74) is 2.75. The molecule has 1 aliphatic rings. The largest absolute Gasteiger partial charge is 0.492 e. The Balaban J connectivity index is 2.54. The second-order valence-electron chi connectivity index (χ2n) is 7.34. The molecule has 1 aromatic carbocycles. The second kappa shape index (κ2) is 4.53. The van der Waals surface area contributed by atoms with Crippen molar-refractivity contribution in [2.24, 2.45) is 5.41 Å². The molecule has 0 radical (unpaired) electrons. The van der Waals surface area contributed by atoms with Gasteiger partial charge in [0.1, 0.15) is 5.75 Å². The molecule has 0 fully saturated rings. The van der Waals surface area contributed by atoms with Crippen molar-refractivity contribution < 1.29 is 14.8 Å². The van der Waals surface area contributed by atoms with E-state index in [1.807, 2.05) is 12.1 Å². The lowest BCUT2D eigenvalue weighted by Crippen LogP contribution is -2.32. The van der Waals surface area contributed by atoms with Gasteiger partial charge in [0.05, 0.1) is 6.61 Å². The molecule has 0 saturated heterocycles. The molecule has 1 aliphatic heterocycles. The summed E-state index contributed by atoms with van der Waals surface area (Å²) in [7, 11) is -1.43. The quantitative estimate of drug-likeness (QED) is 0.796. The smallest absolute Gasteiger partial charge is 0.488 e. The summed E-state index contributed by atoms with van der Waals surface area (Å²) < 4.78 is 5.86. The topological polar surface area (TPSA) is 49.7 Å². The van der Waals surface area contributed by atoms with Crippen molar-refractivity contribution >= 4 is 12.6 Å². The van der Waals surface area contributed by atoms with E-state index in [0.717, 1.165) is 23.3 Å². The lowest BCUT2D eigenvalue weighted by molar-refractivity contribution is 0.286. The number of hydrogen-bond donors (Lipinski definition) is 2. The summed E-state index contributed by atoms with van der Waals surface area (Å²) in [6, 6.07) is 3.72. The molecule has 0 aromatic heterocycles. The van der Waals surface area contributed by atoms with Crippen molar-refractivity contribution in [3.63, 3.8) is 0 Å². The second-order valence-corrected chi connectivity index (χ2v) is 7.34. The molecule has 0 amide bonds. The first-order chi connectivity index (χ1) is 8.60. The summed E-state index contributed by atoms with van der Waals surface area (Å²) in [5.74, 6) is 0.935. The van der Waals surface area contributed by atoms with Crippen LogP contribution in [0.2, 0.25) is 0 Å². The van der Waals surface area contributed by atoms with Crippen LogP contribution >= 0.6 is 0 Å². The van der Waals surface area contributed by atoms with Crippen molar-refractivity contribution in [1.29, 1.82) is 0 Å². The fourth-order valence-corrected chi connectivity index (χ4v) is 2.57. The number of rotatable bonds is 2. The Morgan fingerprint density at radius 3 is 2.42 bits per heavy atom. The standard InChI is InChI=1S/C15H23BO3/c1-14(2,3)8-10-6-11(16(17)18)7-12-13(10)19-9-15(12,4)5/h6-7,17-18H,8-9H2,1-5H3. The zero-order valence-corrected chi connectivity index (χ0v) is 12.4. The van der Waals surface area contributed by atoms with Gasteiger partial charge < -0.3 is 14.8 Å². The van der Waals surface area contributed by atoms with Crippen molar-refractivity contribution in [3.8, 4) is 5.75 Å². The van der Waals surface area contributed by atoms with E-state index in [9.17, 15) is 10.0 Å². The van der Waals surface area contributed by atoms with Gasteiger partial charge in [-0.3, -0.25) is 0 Å². The fourth-order valence-electron chi connectivity index (χ4n) is 2.57. The van der Waals surface area contributed by atoms with Crippen molar-refractivity contribution in [1.82, 2.24) is 0 Å². The van der Waals surface area contributed by atoms with Gasteiger partial charge in [-0.2, -0.15) is 0 Å². The molecule has 19 heavy (non-hydrogen) atoms. The molecule has 104 valence electrons. The number of hydrogen-bond acceptors (Lipinski definition) is 3. The maximum atomic E-state index is 9.46. The number of benzene rings is 1. The zero-order valence-electron chi connectivity index (χ0n) is 12.4. The number of fused-ring (bicyclic) bond motifs is 1. The van der Waals surface area contributed by atoms with E-state index in [4.69, 9.17) is 4.74 Å². The van der Waals surface area contributed by atoms with Gasteiger partial charge in [0.2, 0.25) is 0 Å². The highest BCUT2D eigenvalue weighted by Gasteiger charge is 2.35. The van der Waals surface area contributed by atoms with E-state index in [2.05, 4.69) is 34.6 Å². The van der Waals surface area contributed by atoms with E-state index in [1.165, 1.54) is 0 Å². The highest BCUT2D eigenvalue weighted by Crippen LogP contribution is 2.41. The molecule has 2 rings (SSSR count). The van der Waals surface area contributed by atoms with Crippen LogP contribution in [0, 0.1) is 5.41 Å². The summed E-state index contributed by atoms with van der Waals surface area (Å²) in [4.78, 5) is 0. The molecule has 4 heteroatoms. The van der Waals surface area contributed by atoms with Gasteiger partial charge in [0, 0.05) is 11.0 Å². The van der Waals surface area contributed by atoms with Crippen LogP contribution in [-0.2, 0) is 11.8 Å². The van der Waals surface area contributed by atoms with Crippen LogP contribution in [0.3, 0.4) is 0 Å². The fraction of sp³-hybridized carbons (Fsp3) is 0.600. The monoisotopic (exact) mass is 262 g/mol. The van der Waals surface area contributed by atoms with Crippen molar-refractivity contribution in [2.45, 2.75) is 46.5 Å². The maximum Gasteiger partial charge on any atom is 0.488 e. The Bertz CT molecular complexity index is 487. The van der Waals surface area contributed by atoms with Gasteiger partial charge in [-0.25, -0.2) is 0 Å². The van der Waals surface area contributed by atoms with Crippen LogP contribution in [0.25, 0.3) is 0 Å². The minimum atomic E-state index is -1.43. The lowest BCUT2D eigenvalue weighted by atomic mass is 9.73. The van der Waals surface area contributed by atoms with E-state index in [0.29, 0.717) is 12.1 Å². The average molecular weight is 262 g/mol. The molecule has 0 spiro atoms. The highest BCUT2D eigenvalue weighted by atomic mass is 16.5. The third kappa shape index (κ3) is 2.95. The van der Waals surface area contributed by atoms with E-state index in [1.54, 1.807) is 0 Å². The summed E-state index contributed by atoms with van der Waals surface area (Å²) in [5, 5.41) is 18.9. The van der Waals surface area contributed by atoms with Gasteiger partial charge in [-0.15, -0.1) is 0 Å². The van der Waals surface area contributed by atoms with Crippen LogP contribution in [0.1, 0.15) is 45.7 Å². The van der Waals surface area contributed by atoms with Crippen LogP contribution in [0.15, 0.2) is 12.1 Å². The van der Waals surface area contributed by atoms with Gasteiger partial charge >= 0.3 is 7.12 Å². The molecular weight excluding hydrogens is 239 g/mol. The van der Waals surface area contributed by atoms with Crippen molar-refractivity contribution in [3.05, 3.63) is 23.3 Å². The SMILES string of the molecule is CC(C)(C)Cc1cc(B(O)O)cc2c1OCC2(C)C. The molecule has 0 unspecified atom stereocenters. The minimum absolute atomic E-state index is 0.0765. The summed E-state index contributed by atoms with van der Waals surface area (Å²) in [6.45, 7) is 11.4. The van der Waals surface area contributed by atoms with Crippen LogP contribution in [0.5, 0.6) is 5.75 Å². The van der Waals surface area contributed by atoms with E-state index >= 15 is 0 Å². The molecular formula is C15H23BO3. The van der Waals surface area contributed by atoms with Gasteiger partial charge in [0.25, 0.3) is 0 Å². The van der Waals surface area contributed by atoms with E-state index in [-0.39, 0.29) is 10.8 Å². The summed E-state index contributed by atoms with van der Waals surface area (Å²) in [6.07, 6.45) is 0.853. The Labute approximate surface area is 115 Å². The molecule has 1 aromatic rings. The zero-order chi connectivity index (χ0) is 14.4. The molecule has 0 atom stereocenters. The van der Waals surface area contributed by atoms with Crippen molar-refractivity contribution in [2.75, 3.05) is 6.61 Å². The molecule has 2 N–H and O–H groups in total. The Kier molecular flexibility index (Phi) is 3.44. The Morgan fingerprint density at radius 2 is 1.89 bits per heavy atom. The molecule has 0 bridgehead atoms. The molecule has 1 heterocycles. The van der Waals surface area contributed by atoms with Crippen LogP contribution in [0.4, 0.5) is 0 Å². The van der Waals surface area contributed by atoms with Crippen LogP contribution < -0.4 is 10.2 Å². The van der Waals surface area contributed by atoms with Crippen LogP contribution in [-0.4, -0.2) is 23.8 Å². The third-order valence-electron chi connectivity index (χ3n) is 3.51. The van der Waals surface area contributed by atoms with Gasteiger partial charge in [-0.05, 0) is 22.9 Å². The van der Waals surface area contributed by atoms with E-state index < -0.39 is 7.12 Å². The lowest BCUT2D eigenvalue weighted by Gasteiger charge is -2.22. The van der Waals surface area contributed by atoms with Gasteiger partial charge in [-0.1, -0.05) is 46.8 Å². The molecule has 3 nitrogen and oxygen atoms in total. The maximum absolute atomic E-state index is 9.46. The third-order valence-corrected chi connectivity index (χ3v) is 3.51. The minimum Gasteiger partial charge on any atom is -0.492 e. The Morgan fingerprint density at radius 1 is 1.26 bits per heavy atom. The Hall–Kier alpha value is -0.995. The predicted molar refractivity (Wildman–Crippen MR) is 77.9 cm³/mol. The number of ether oxygens (including phenoxy) is 1. The molecule has 0 aliphatic carbocycles. The first-order valence-corrected chi connectivity index (χ1v) is 6.76. The average Bonchev–Trinajstić information content (AvgIpc) is 2.53.